The molecule has 3 heterocycles. The van der Waals surface area contributed by atoms with Gasteiger partial charge in [-0.2, -0.15) is 0 Å². The minimum absolute atomic E-state index is 0.0513. The molecule has 0 saturated carbocycles. The summed E-state index contributed by atoms with van der Waals surface area (Å²) in [4.78, 5) is 29.7. The Morgan fingerprint density at radius 1 is 1.00 bits per heavy atom. The molecule has 5 rings (SSSR count). The average molecular weight is 501 g/mol. The van der Waals surface area contributed by atoms with E-state index in [0.717, 1.165) is 49.2 Å². The van der Waals surface area contributed by atoms with Crippen LogP contribution in [0.25, 0.3) is 0 Å². The minimum Gasteiger partial charge on any atom is -0.486 e. The fraction of sp³-hybridized carbons (Fsp3) is 0.419. The molecule has 2 aromatic carbocycles. The van der Waals surface area contributed by atoms with E-state index in [1.807, 2.05) is 21.9 Å². The molecule has 37 heavy (non-hydrogen) atoms. The van der Waals surface area contributed by atoms with E-state index in [9.17, 15) is 9.59 Å². The zero-order valence-electron chi connectivity index (χ0n) is 22.0. The molecule has 0 bridgehead atoms. The first kappa shape index (κ1) is 25.1. The average Bonchev–Trinajstić information content (AvgIpc) is 3.59. The Hall–Kier alpha value is -3.54. The topological polar surface area (TPSA) is 63.0 Å². The molecule has 6 nitrogen and oxygen atoms in total. The Labute approximate surface area is 219 Å². The van der Waals surface area contributed by atoms with E-state index in [4.69, 9.17) is 9.15 Å². The van der Waals surface area contributed by atoms with Crippen molar-refractivity contribution in [3.63, 3.8) is 0 Å². The Morgan fingerprint density at radius 2 is 1.76 bits per heavy atom. The van der Waals surface area contributed by atoms with Gasteiger partial charge in [-0.3, -0.25) is 9.59 Å². The van der Waals surface area contributed by atoms with Crippen LogP contribution in [-0.4, -0.2) is 41.2 Å². The Bertz CT molecular complexity index is 1250. The van der Waals surface area contributed by atoms with Gasteiger partial charge in [-0.15, -0.1) is 0 Å². The van der Waals surface area contributed by atoms with Crippen molar-refractivity contribution in [2.75, 3.05) is 19.6 Å². The molecule has 3 aromatic rings. The number of aryl methyl sites for hydroxylation is 1. The number of nitrogens with zero attached hydrogens (tertiary/aromatic N) is 2. The van der Waals surface area contributed by atoms with Crippen LogP contribution in [0.5, 0.6) is 5.75 Å². The Balaban J connectivity index is 1.37. The van der Waals surface area contributed by atoms with Gasteiger partial charge in [-0.25, -0.2) is 0 Å². The summed E-state index contributed by atoms with van der Waals surface area (Å²) in [6.07, 6.45) is 3.45. The van der Waals surface area contributed by atoms with Gasteiger partial charge in [0.2, 0.25) is 5.91 Å². The predicted molar refractivity (Wildman–Crippen MR) is 143 cm³/mol. The lowest BCUT2D eigenvalue weighted by Crippen LogP contribution is -2.41. The number of hydrogen-bond donors (Lipinski definition) is 0. The van der Waals surface area contributed by atoms with Crippen molar-refractivity contribution in [2.24, 2.45) is 5.92 Å². The monoisotopic (exact) mass is 500 g/mol. The summed E-state index contributed by atoms with van der Waals surface area (Å²) in [6, 6.07) is 18.0. The molecule has 2 amide bonds. The summed E-state index contributed by atoms with van der Waals surface area (Å²) in [7, 11) is 0. The smallest absolute Gasteiger partial charge is 0.289 e. The van der Waals surface area contributed by atoms with Gasteiger partial charge in [-0.1, -0.05) is 49.7 Å². The van der Waals surface area contributed by atoms with Crippen LogP contribution in [0, 0.1) is 12.8 Å². The van der Waals surface area contributed by atoms with Crippen LogP contribution in [0.1, 0.15) is 77.7 Å². The first-order valence-electron chi connectivity index (χ1n) is 13.4. The van der Waals surface area contributed by atoms with Crippen molar-refractivity contribution >= 4 is 11.8 Å². The van der Waals surface area contributed by atoms with Gasteiger partial charge in [0, 0.05) is 26.1 Å². The van der Waals surface area contributed by atoms with Crippen LogP contribution in [0.2, 0.25) is 0 Å². The fourth-order valence-electron chi connectivity index (χ4n) is 5.33. The summed E-state index contributed by atoms with van der Waals surface area (Å²) < 4.78 is 11.9. The van der Waals surface area contributed by atoms with Gasteiger partial charge < -0.3 is 19.0 Å². The maximum absolute atomic E-state index is 13.3. The normalized spacial score (nSPS) is 17.2. The molecule has 0 unspecified atom stereocenters. The number of hydrogen-bond acceptors (Lipinski definition) is 4. The molecule has 1 fully saturated rings. The van der Waals surface area contributed by atoms with Gasteiger partial charge >= 0.3 is 0 Å². The molecular weight excluding hydrogens is 464 g/mol. The fourth-order valence-corrected chi connectivity index (χ4v) is 5.33. The van der Waals surface area contributed by atoms with E-state index in [1.165, 1.54) is 11.1 Å². The van der Waals surface area contributed by atoms with Crippen LogP contribution >= 0.6 is 0 Å². The first-order chi connectivity index (χ1) is 17.9. The highest BCUT2D eigenvalue weighted by Gasteiger charge is 2.32. The summed E-state index contributed by atoms with van der Waals surface area (Å²) in [6.45, 7) is 8.77. The van der Waals surface area contributed by atoms with Gasteiger partial charge in [-0.05, 0) is 73.1 Å². The molecule has 6 heteroatoms. The van der Waals surface area contributed by atoms with Gasteiger partial charge in [0.05, 0.1) is 6.04 Å². The third-order valence-electron chi connectivity index (χ3n) is 7.29. The van der Waals surface area contributed by atoms with Crippen LogP contribution in [0.15, 0.2) is 59.0 Å². The molecule has 1 atom stereocenters. The van der Waals surface area contributed by atoms with Crippen LogP contribution < -0.4 is 4.74 Å². The third-order valence-corrected chi connectivity index (χ3v) is 7.29. The van der Waals surface area contributed by atoms with Gasteiger partial charge in [0.1, 0.15) is 18.1 Å². The van der Waals surface area contributed by atoms with E-state index in [2.05, 4.69) is 57.2 Å². The highest BCUT2D eigenvalue weighted by Crippen LogP contribution is 2.38. The third kappa shape index (κ3) is 5.58. The molecule has 194 valence electrons. The zero-order valence-corrected chi connectivity index (χ0v) is 22.0. The van der Waals surface area contributed by atoms with Crippen molar-refractivity contribution in [2.45, 2.75) is 59.1 Å². The number of likely N-dealkylation sites (tertiary alicyclic amines) is 1. The number of benzene rings is 2. The first-order valence-corrected chi connectivity index (χ1v) is 13.4. The lowest BCUT2D eigenvalue weighted by Gasteiger charge is -2.38. The molecule has 0 radical (unpaired) electrons. The SMILES string of the molecule is Cc1ccc([C@@H]2c3cc(OCc4ccc(C(=O)N5CCCC5)o4)ccc3CCN2C(=O)CC(C)C)cc1. The van der Waals surface area contributed by atoms with Crippen molar-refractivity contribution in [1.29, 1.82) is 0 Å². The predicted octanol–water partition coefficient (Wildman–Crippen LogP) is 5.92. The second-order valence-corrected chi connectivity index (χ2v) is 10.7. The molecule has 1 aromatic heterocycles. The second-order valence-electron chi connectivity index (χ2n) is 10.7. The molecular formula is C31H36N2O4. The second kappa shape index (κ2) is 10.8. The van der Waals surface area contributed by atoms with Crippen LogP contribution in [0.4, 0.5) is 0 Å². The molecule has 0 aliphatic carbocycles. The summed E-state index contributed by atoms with van der Waals surface area (Å²) in [5.41, 5.74) is 4.65. The van der Waals surface area contributed by atoms with Crippen LogP contribution in [0.3, 0.4) is 0 Å². The molecule has 0 spiro atoms. The van der Waals surface area contributed by atoms with E-state index >= 15 is 0 Å². The largest absolute Gasteiger partial charge is 0.486 e. The minimum atomic E-state index is -0.146. The van der Waals surface area contributed by atoms with Gasteiger partial charge in [0.15, 0.2) is 5.76 Å². The van der Waals surface area contributed by atoms with Crippen molar-refractivity contribution in [3.05, 3.63) is 88.4 Å². The number of carbonyl (C=O) groups is 2. The van der Waals surface area contributed by atoms with Crippen molar-refractivity contribution in [1.82, 2.24) is 9.80 Å². The lowest BCUT2D eigenvalue weighted by molar-refractivity contribution is -0.134. The number of fused-ring (bicyclic) bond motifs is 1. The summed E-state index contributed by atoms with van der Waals surface area (Å²) in [5.74, 6) is 2.14. The van der Waals surface area contributed by atoms with E-state index in [0.29, 0.717) is 30.4 Å². The number of ether oxygens (including phenoxy) is 1. The van der Waals surface area contributed by atoms with E-state index in [-0.39, 0.29) is 24.5 Å². The highest BCUT2D eigenvalue weighted by molar-refractivity contribution is 5.91. The summed E-state index contributed by atoms with van der Waals surface area (Å²) >= 11 is 0. The van der Waals surface area contributed by atoms with E-state index < -0.39 is 0 Å². The van der Waals surface area contributed by atoms with Crippen LogP contribution in [-0.2, 0) is 17.8 Å². The number of amides is 2. The molecule has 2 aliphatic rings. The number of carbonyl (C=O) groups excluding carboxylic acids is 2. The lowest BCUT2D eigenvalue weighted by atomic mass is 9.87. The molecule has 2 aliphatic heterocycles. The quantitative estimate of drug-likeness (QED) is 0.404. The molecule has 0 N–H and O–H groups in total. The maximum atomic E-state index is 13.3. The standard InChI is InChI=1S/C31H36N2O4/c1-21(2)18-29(34)33-17-14-23-10-11-25(19-27(23)30(33)24-8-6-22(3)7-9-24)36-20-26-12-13-28(37-26)31(35)32-15-4-5-16-32/h6-13,19,21,30H,4-5,14-18,20H2,1-3H3/t30-/m1/s1. The maximum Gasteiger partial charge on any atom is 0.289 e. The van der Waals surface area contributed by atoms with Crippen molar-refractivity contribution in [3.8, 4) is 5.75 Å². The van der Waals surface area contributed by atoms with E-state index in [1.54, 1.807) is 6.07 Å². The Kier molecular flexibility index (Phi) is 7.36. The summed E-state index contributed by atoms with van der Waals surface area (Å²) in [5, 5.41) is 0. The van der Waals surface area contributed by atoms with Crippen molar-refractivity contribution < 1.29 is 18.7 Å². The highest BCUT2D eigenvalue weighted by atomic mass is 16.5. The zero-order chi connectivity index (χ0) is 25.9. The number of rotatable bonds is 7. The van der Waals surface area contributed by atoms with Gasteiger partial charge in [0.25, 0.3) is 5.91 Å². The number of furan rings is 1. The molecule has 1 saturated heterocycles. The Morgan fingerprint density at radius 3 is 2.49 bits per heavy atom.